The fraction of sp³-hybridized carbons (Fsp3) is 0.125. The molecule has 38 heavy (non-hydrogen) atoms. The van der Waals surface area contributed by atoms with Crippen LogP contribution in [0.2, 0.25) is 20.9 Å². The number of ketones is 1. The molecule has 1 N–H and O–H groups in total. The molecule has 2 aromatic carbocycles. The summed E-state index contributed by atoms with van der Waals surface area (Å²) in [6.07, 6.45) is 1.29. The maximum absolute atomic E-state index is 12.4. The van der Waals surface area contributed by atoms with E-state index in [4.69, 9.17) is 55.9 Å². The molecule has 8 nitrogen and oxygen atoms in total. The van der Waals surface area contributed by atoms with Gasteiger partial charge in [0.15, 0.2) is 0 Å². The minimum atomic E-state index is -0.334. The number of carbonyl (C=O) groups excluding carboxylic acids is 1. The zero-order chi connectivity index (χ0) is 28.0. The highest BCUT2D eigenvalue weighted by atomic mass is 79.9. The van der Waals surface area contributed by atoms with Crippen molar-refractivity contribution in [3.05, 3.63) is 89.1 Å². The van der Waals surface area contributed by atoms with E-state index in [-0.39, 0.29) is 38.8 Å². The highest BCUT2D eigenvalue weighted by Crippen LogP contribution is 2.36. The van der Waals surface area contributed by atoms with Gasteiger partial charge in [-0.05, 0) is 59.6 Å². The Hall–Kier alpha value is -2.05. The highest BCUT2D eigenvalue weighted by Gasteiger charge is 2.20. The molecule has 0 aliphatic carbocycles. The first-order valence-corrected chi connectivity index (χ1v) is 13.4. The minimum Gasteiger partial charge on any atom is -0.496 e. The van der Waals surface area contributed by atoms with Gasteiger partial charge in [-0.25, -0.2) is 19.9 Å². The van der Waals surface area contributed by atoms with E-state index in [0.717, 1.165) is 8.95 Å². The molecular formula is C24H16Br2Cl4N4O4. The van der Waals surface area contributed by atoms with E-state index < -0.39 is 0 Å². The molecule has 0 amide bonds. The van der Waals surface area contributed by atoms with Crippen LogP contribution in [0.15, 0.2) is 51.5 Å². The van der Waals surface area contributed by atoms with Gasteiger partial charge in [-0.2, -0.15) is 0 Å². The summed E-state index contributed by atoms with van der Waals surface area (Å²) < 4.78 is 12.0. The molecular weight excluding hydrogens is 710 g/mol. The number of rotatable bonds is 6. The van der Waals surface area contributed by atoms with Gasteiger partial charge in [-0.1, -0.05) is 55.1 Å². The predicted molar refractivity (Wildman–Crippen MR) is 154 cm³/mol. The van der Waals surface area contributed by atoms with E-state index in [0.29, 0.717) is 33.9 Å². The van der Waals surface area contributed by atoms with E-state index in [9.17, 15) is 9.90 Å². The van der Waals surface area contributed by atoms with E-state index in [1.807, 2.05) is 12.1 Å². The average molecular weight is 726 g/mol. The Balaban J connectivity index is 0.000000211. The molecule has 0 saturated heterocycles. The molecule has 4 rings (SSSR count). The third-order valence-electron chi connectivity index (χ3n) is 4.87. The molecule has 0 fully saturated rings. The van der Waals surface area contributed by atoms with Crippen molar-refractivity contribution in [1.82, 2.24) is 19.9 Å². The topological polar surface area (TPSA) is 107 Å². The van der Waals surface area contributed by atoms with Gasteiger partial charge in [0.2, 0.25) is 16.4 Å². The number of aromatic nitrogens is 4. The van der Waals surface area contributed by atoms with Crippen molar-refractivity contribution in [1.29, 1.82) is 0 Å². The number of ether oxygens (including phenoxy) is 2. The van der Waals surface area contributed by atoms with E-state index in [1.165, 1.54) is 13.3 Å². The van der Waals surface area contributed by atoms with Crippen molar-refractivity contribution in [2.24, 2.45) is 0 Å². The van der Waals surface area contributed by atoms with Gasteiger partial charge < -0.3 is 14.6 Å². The number of hydrogen-bond donors (Lipinski definition) is 1. The smallest absolute Gasteiger partial charge is 0.224 e. The van der Waals surface area contributed by atoms with Gasteiger partial charge in [0.25, 0.3) is 0 Å². The molecule has 0 atom stereocenters. The first kappa shape index (κ1) is 30.5. The summed E-state index contributed by atoms with van der Waals surface area (Å²) in [6.45, 7) is -0.291. The van der Waals surface area contributed by atoms with Crippen LogP contribution in [0.1, 0.15) is 21.5 Å². The van der Waals surface area contributed by atoms with Gasteiger partial charge in [-0.3, -0.25) is 4.79 Å². The number of aliphatic hydroxyl groups excluding tert-OH is 1. The predicted octanol–water partition coefficient (Wildman–Crippen LogP) is 7.50. The number of nitrogens with zero attached hydrogens (tertiary/aromatic N) is 4. The summed E-state index contributed by atoms with van der Waals surface area (Å²) in [5, 5.41) is 9.56. The maximum Gasteiger partial charge on any atom is 0.224 e. The summed E-state index contributed by atoms with van der Waals surface area (Å²) in [6, 6.07) is 10.5. The van der Waals surface area contributed by atoms with Crippen molar-refractivity contribution in [2.45, 2.75) is 6.61 Å². The lowest BCUT2D eigenvalue weighted by molar-refractivity contribution is 0.103. The van der Waals surface area contributed by atoms with Gasteiger partial charge in [0, 0.05) is 26.3 Å². The van der Waals surface area contributed by atoms with E-state index >= 15 is 0 Å². The van der Waals surface area contributed by atoms with Crippen LogP contribution in [0.4, 0.5) is 0 Å². The molecule has 2 heterocycles. The lowest BCUT2D eigenvalue weighted by Gasteiger charge is -2.12. The number of aliphatic hydroxyl groups is 1. The first-order chi connectivity index (χ1) is 18.1. The molecule has 14 heteroatoms. The Kier molecular flexibility index (Phi) is 11.1. The van der Waals surface area contributed by atoms with Crippen molar-refractivity contribution in [2.75, 3.05) is 14.2 Å². The van der Waals surface area contributed by atoms with Crippen molar-refractivity contribution < 1.29 is 19.4 Å². The Morgan fingerprint density at radius 3 is 2.05 bits per heavy atom. The number of methoxy groups -OCH3 is 2. The highest BCUT2D eigenvalue weighted by molar-refractivity contribution is 9.10. The summed E-state index contributed by atoms with van der Waals surface area (Å²) in [4.78, 5) is 27.9. The van der Waals surface area contributed by atoms with Gasteiger partial charge in [0.05, 0.1) is 37.6 Å². The number of carbonyl (C=O) groups is 1. The lowest BCUT2D eigenvalue weighted by atomic mass is 10.1. The molecule has 0 aliphatic heterocycles. The van der Waals surface area contributed by atoms with Crippen molar-refractivity contribution in [3.63, 3.8) is 0 Å². The molecule has 4 aromatic rings. The monoisotopic (exact) mass is 722 g/mol. The van der Waals surface area contributed by atoms with Crippen LogP contribution in [0.25, 0.3) is 11.3 Å². The SMILES string of the molecule is COc1ccc(Br)cc1-c1nc(Cl)nc(Cl)c1CO.COc1ccc(Br)cc1C(=O)c1cnc(Cl)nc1Cl. The Morgan fingerprint density at radius 1 is 0.842 bits per heavy atom. The molecule has 0 spiro atoms. The summed E-state index contributed by atoms with van der Waals surface area (Å²) in [5.41, 5.74) is 2.06. The van der Waals surface area contributed by atoms with Gasteiger partial charge >= 0.3 is 0 Å². The Labute approximate surface area is 254 Å². The second-order valence-corrected chi connectivity index (χ2v) is 10.4. The molecule has 0 aliphatic rings. The average Bonchev–Trinajstić information content (AvgIpc) is 2.88. The number of halogens is 6. The van der Waals surface area contributed by atoms with Crippen LogP contribution < -0.4 is 9.47 Å². The van der Waals surface area contributed by atoms with E-state index in [2.05, 4.69) is 51.8 Å². The summed E-state index contributed by atoms with van der Waals surface area (Å²) >= 11 is 30.0. The minimum absolute atomic E-state index is 0.00651. The summed E-state index contributed by atoms with van der Waals surface area (Å²) in [5.74, 6) is 0.711. The Bertz CT molecular complexity index is 1490. The lowest BCUT2D eigenvalue weighted by Crippen LogP contribution is -2.06. The molecule has 0 saturated carbocycles. The molecule has 198 valence electrons. The second-order valence-electron chi connectivity index (χ2n) is 7.13. The quantitative estimate of drug-likeness (QED) is 0.124. The third kappa shape index (κ3) is 7.32. The zero-order valence-electron chi connectivity index (χ0n) is 19.5. The zero-order valence-corrected chi connectivity index (χ0v) is 25.7. The third-order valence-corrected chi connectivity index (χ3v) is 6.81. The van der Waals surface area contributed by atoms with Crippen LogP contribution in [0.5, 0.6) is 11.5 Å². The summed E-state index contributed by atoms with van der Waals surface area (Å²) in [7, 11) is 3.04. The van der Waals surface area contributed by atoms with Crippen LogP contribution in [-0.2, 0) is 6.61 Å². The molecule has 2 aromatic heterocycles. The van der Waals surface area contributed by atoms with Crippen LogP contribution in [0, 0.1) is 0 Å². The van der Waals surface area contributed by atoms with Crippen LogP contribution in [0.3, 0.4) is 0 Å². The van der Waals surface area contributed by atoms with E-state index in [1.54, 1.807) is 31.4 Å². The van der Waals surface area contributed by atoms with Gasteiger partial charge in [-0.15, -0.1) is 0 Å². The van der Waals surface area contributed by atoms with Crippen LogP contribution in [-0.4, -0.2) is 45.0 Å². The largest absolute Gasteiger partial charge is 0.496 e. The van der Waals surface area contributed by atoms with Crippen molar-refractivity contribution in [3.8, 4) is 22.8 Å². The van der Waals surface area contributed by atoms with Crippen LogP contribution >= 0.6 is 78.3 Å². The molecule has 0 radical (unpaired) electrons. The first-order valence-electron chi connectivity index (χ1n) is 10.3. The standard InChI is InChI=1S/C12H9BrCl2N2O2.C12H7BrCl2N2O2/c1-19-9-3-2-6(13)4-7(9)10-8(5-18)11(14)17-12(15)16-10;1-19-9-3-2-6(13)4-7(9)10(18)8-5-16-12(15)17-11(8)14/h2-4,18H,5H2,1H3;2-5H,1H3. The molecule has 0 unspecified atom stereocenters. The normalized spacial score (nSPS) is 10.4. The van der Waals surface area contributed by atoms with Gasteiger partial charge in [0.1, 0.15) is 21.8 Å². The number of benzene rings is 2. The number of hydrogen-bond acceptors (Lipinski definition) is 8. The second kappa shape index (κ2) is 13.8. The molecule has 0 bridgehead atoms. The Morgan fingerprint density at radius 2 is 1.45 bits per heavy atom. The van der Waals surface area contributed by atoms with Crippen molar-refractivity contribution >= 4 is 84.0 Å². The fourth-order valence-electron chi connectivity index (χ4n) is 3.16. The fourth-order valence-corrected chi connectivity index (χ4v) is 4.71. The maximum atomic E-state index is 12.4.